The number of hydrogen-bond acceptors (Lipinski definition) is 4. The van der Waals surface area contributed by atoms with Crippen molar-refractivity contribution in [2.45, 2.75) is 20.3 Å². The molecule has 0 radical (unpaired) electrons. The topological polar surface area (TPSA) is 52.6 Å². The van der Waals surface area contributed by atoms with Crippen LogP contribution in [0.4, 0.5) is 0 Å². The van der Waals surface area contributed by atoms with E-state index >= 15 is 0 Å². The van der Waals surface area contributed by atoms with Gasteiger partial charge in [0.25, 0.3) is 0 Å². The van der Waals surface area contributed by atoms with Crippen LogP contribution < -0.4 is 15.9 Å². The van der Waals surface area contributed by atoms with Gasteiger partial charge in [0, 0.05) is 0 Å². The molecular weight excluding hydrogens is 411 g/mol. The number of rotatable bonds is 8. The van der Waals surface area contributed by atoms with E-state index in [-0.39, 0.29) is 19.6 Å². The van der Waals surface area contributed by atoms with Crippen LogP contribution in [0.3, 0.4) is 0 Å². The molecule has 3 aromatic carbocycles. The van der Waals surface area contributed by atoms with Gasteiger partial charge in [0.2, 0.25) is 0 Å². The predicted octanol–water partition coefficient (Wildman–Crippen LogP) is 3.67. The van der Waals surface area contributed by atoms with Crippen molar-refractivity contribution in [1.29, 1.82) is 0 Å². The minimum atomic E-state index is -2.69. The fourth-order valence-electron chi connectivity index (χ4n) is 3.76. The van der Waals surface area contributed by atoms with E-state index in [2.05, 4.69) is 0 Å². The van der Waals surface area contributed by atoms with Gasteiger partial charge >= 0.3 is 11.9 Å². The molecule has 0 unspecified atom stereocenters. The summed E-state index contributed by atoms with van der Waals surface area (Å²) in [7, 11) is 0. The Morgan fingerprint density at radius 3 is 1.39 bits per heavy atom. The molecule has 0 saturated heterocycles. The lowest BCUT2D eigenvalue weighted by Crippen LogP contribution is -2.35. The Hall–Kier alpha value is -3.10. The molecule has 4 nitrogen and oxygen atoms in total. The van der Waals surface area contributed by atoms with Crippen LogP contribution in [-0.4, -0.2) is 30.4 Å². The Labute approximate surface area is 183 Å². The predicted molar refractivity (Wildman–Crippen MR) is 128 cm³/mol. The lowest BCUT2D eigenvalue weighted by Gasteiger charge is -2.31. The number of benzene rings is 3. The second kappa shape index (κ2) is 10.8. The monoisotopic (exact) mass is 438 g/mol. The largest absolute Gasteiger partial charge is 0.466 e. The molecule has 0 aliphatic carbocycles. The summed E-state index contributed by atoms with van der Waals surface area (Å²) in [5.74, 6) is -0.891. The van der Waals surface area contributed by atoms with Crippen LogP contribution in [0.25, 0.3) is 0 Å². The number of hydrogen-bond donors (Lipinski definition) is 0. The Kier molecular flexibility index (Phi) is 7.86. The molecule has 0 aromatic heterocycles. The Morgan fingerprint density at radius 1 is 0.645 bits per heavy atom. The Bertz CT molecular complexity index is 957. The zero-order chi connectivity index (χ0) is 22.1. The molecule has 0 atom stereocenters. The Balaban J connectivity index is 2.52. The van der Waals surface area contributed by atoms with E-state index in [1.165, 1.54) is 0 Å². The van der Waals surface area contributed by atoms with E-state index in [0.717, 1.165) is 15.9 Å². The summed E-state index contributed by atoms with van der Waals surface area (Å²) in [5, 5.41) is 3.40. The van der Waals surface area contributed by atoms with Crippen LogP contribution in [-0.2, 0) is 19.1 Å². The molecule has 0 aliphatic rings. The molecule has 160 valence electrons. The van der Waals surface area contributed by atoms with Gasteiger partial charge in [-0.05, 0) is 36.6 Å². The average molecular weight is 438 g/mol. The van der Waals surface area contributed by atoms with Gasteiger partial charge in [-0.3, -0.25) is 4.79 Å². The zero-order valence-corrected chi connectivity index (χ0v) is 18.8. The molecule has 5 heteroatoms. The maximum atomic E-state index is 13.4. The molecule has 0 heterocycles. The van der Waals surface area contributed by atoms with E-state index < -0.39 is 18.8 Å². The molecule has 31 heavy (non-hydrogen) atoms. The van der Waals surface area contributed by atoms with E-state index in [9.17, 15) is 9.59 Å². The van der Waals surface area contributed by atoms with Crippen molar-refractivity contribution in [1.82, 2.24) is 0 Å². The highest BCUT2D eigenvalue weighted by Crippen LogP contribution is 2.47. The first kappa shape index (κ1) is 22.6. The molecule has 0 fully saturated rings. The van der Waals surface area contributed by atoms with Crippen molar-refractivity contribution in [3.8, 4) is 0 Å². The Morgan fingerprint density at radius 2 is 1.03 bits per heavy atom. The minimum absolute atomic E-state index is 0.126. The minimum Gasteiger partial charge on any atom is -0.466 e. The molecule has 0 spiro atoms. The second-order valence-electron chi connectivity index (χ2n) is 6.83. The zero-order valence-electron chi connectivity index (χ0n) is 17.9. The fraction of sp³-hybridized carbons (Fsp3) is 0.192. The molecule has 0 amide bonds. The van der Waals surface area contributed by atoms with Crippen molar-refractivity contribution in [2.24, 2.45) is 0 Å². The third kappa shape index (κ3) is 4.81. The molecule has 3 rings (SSSR count). The first-order valence-electron chi connectivity index (χ1n) is 10.4. The smallest absolute Gasteiger partial charge is 0.335 e. The van der Waals surface area contributed by atoms with Crippen molar-refractivity contribution >= 4 is 40.0 Å². The van der Waals surface area contributed by atoms with Crippen LogP contribution in [0.1, 0.15) is 20.3 Å². The maximum Gasteiger partial charge on any atom is 0.335 e. The first-order valence-corrected chi connectivity index (χ1v) is 12.2. The molecule has 3 aromatic rings. The van der Waals surface area contributed by atoms with E-state index in [4.69, 9.17) is 9.47 Å². The molecule has 0 bridgehead atoms. The third-order valence-electron chi connectivity index (χ3n) is 4.96. The summed E-state index contributed by atoms with van der Waals surface area (Å²) in [6, 6.07) is 29.8. The summed E-state index contributed by atoms with van der Waals surface area (Å²) in [6.45, 7) is 1.32. The quantitative estimate of drug-likeness (QED) is 0.306. The first-order chi connectivity index (χ1) is 15.1. The van der Waals surface area contributed by atoms with Gasteiger partial charge in [0.15, 0.2) is 0 Å². The lowest BCUT2D eigenvalue weighted by atomic mass is 10.4. The fourth-order valence-corrected chi connectivity index (χ4v) is 8.15. The summed E-state index contributed by atoms with van der Waals surface area (Å²) in [6.07, 6.45) is -0.126. The summed E-state index contributed by atoms with van der Waals surface area (Å²) in [5.41, 5.74) is 0. The highest BCUT2D eigenvalue weighted by Gasteiger charge is 2.35. The van der Waals surface area contributed by atoms with Gasteiger partial charge in [-0.15, -0.1) is 0 Å². The molecule has 0 aliphatic heterocycles. The van der Waals surface area contributed by atoms with Crippen LogP contribution in [0.2, 0.25) is 0 Å². The standard InChI is InChI=1S/C26H27O4P/c1-3-29-25(27)20-24(26(28)30-4-2)31(21-14-8-5-9-15-21,22-16-10-6-11-17-22)23-18-12-7-13-19-23/h5-19H,3-4,20H2,1-2H3/i20+1,24+1,25+1,26+1. The third-order valence-corrected chi connectivity index (χ3v) is 9.33. The van der Waals surface area contributed by atoms with Gasteiger partial charge in [0.05, 0.1) is 24.9 Å². The van der Waals surface area contributed by atoms with Gasteiger partial charge in [-0.1, -0.05) is 91.0 Å². The van der Waals surface area contributed by atoms with E-state index in [1.54, 1.807) is 13.8 Å². The highest BCUT2D eigenvalue weighted by molar-refractivity contribution is 7.96. The lowest BCUT2D eigenvalue weighted by molar-refractivity contribution is -0.143. The molecule has 0 N–H and O–H groups in total. The molecule has 0 saturated carbocycles. The van der Waals surface area contributed by atoms with Crippen molar-refractivity contribution in [2.75, 3.05) is 13.2 Å². The summed E-state index contributed by atoms with van der Waals surface area (Å²) in [4.78, 5) is 26.1. The van der Waals surface area contributed by atoms with Crippen LogP contribution >= 0.6 is 6.89 Å². The molecular formula is C26H27O4P. The SMILES string of the molecule is CCO[13C](=O)[13CH2][13C]([13C](=O)OCC)=P(c1ccccc1)(c1ccccc1)c1ccccc1. The van der Waals surface area contributed by atoms with Gasteiger partial charge in [-0.25, -0.2) is 4.79 Å². The number of carbonyl (C=O) groups is 2. The van der Waals surface area contributed by atoms with Gasteiger partial charge < -0.3 is 9.47 Å². The maximum absolute atomic E-state index is 13.4. The van der Waals surface area contributed by atoms with E-state index in [0.29, 0.717) is 5.29 Å². The average Bonchev–Trinajstić information content (AvgIpc) is 2.81. The second-order valence-corrected chi connectivity index (χ2v) is 10.3. The van der Waals surface area contributed by atoms with Crippen molar-refractivity contribution in [3.63, 3.8) is 0 Å². The van der Waals surface area contributed by atoms with Gasteiger partial charge in [-0.2, -0.15) is 0 Å². The van der Waals surface area contributed by atoms with Gasteiger partial charge in [0.1, 0.15) is 0 Å². The number of ether oxygens (including phenoxy) is 2. The highest BCUT2D eigenvalue weighted by atomic mass is 31.2. The number of carbonyl (C=O) groups excluding carboxylic acids is 2. The number of esters is 2. The normalized spacial score (nSPS) is 10.9. The van der Waals surface area contributed by atoms with Crippen LogP contribution in [0.15, 0.2) is 91.0 Å². The van der Waals surface area contributed by atoms with Crippen molar-refractivity contribution < 1.29 is 19.1 Å². The summed E-state index contributed by atoms with van der Waals surface area (Å²) >= 11 is 0. The summed E-state index contributed by atoms with van der Waals surface area (Å²) < 4.78 is 10.8. The van der Waals surface area contributed by atoms with E-state index in [1.807, 2.05) is 91.0 Å². The van der Waals surface area contributed by atoms with Crippen molar-refractivity contribution in [3.05, 3.63) is 91.0 Å². The van der Waals surface area contributed by atoms with Crippen LogP contribution in [0.5, 0.6) is 0 Å². The van der Waals surface area contributed by atoms with Crippen LogP contribution in [0, 0.1) is 0 Å².